The molecule has 0 saturated carbocycles. The quantitative estimate of drug-likeness (QED) is 0.459. The molecule has 0 aliphatic carbocycles. The molecule has 1 fully saturated rings. The van der Waals surface area contributed by atoms with Gasteiger partial charge >= 0.3 is 5.97 Å². The number of benzene rings is 1. The molecule has 0 unspecified atom stereocenters. The van der Waals surface area contributed by atoms with Crippen LogP contribution in [0.1, 0.15) is 50.7 Å². The summed E-state index contributed by atoms with van der Waals surface area (Å²) in [6.07, 6.45) is 3.40. The van der Waals surface area contributed by atoms with Gasteiger partial charge in [0, 0.05) is 6.42 Å². The van der Waals surface area contributed by atoms with Crippen LogP contribution in [0.15, 0.2) is 30.3 Å². The van der Waals surface area contributed by atoms with Gasteiger partial charge in [-0.3, -0.25) is 9.59 Å². The molecule has 4 heteroatoms. The highest BCUT2D eigenvalue weighted by Crippen LogP contribution is 2.35. The van der Waals surface area contributed by atoms with Crippen LogP contribution in [0.3, 0.4) is 0 Å². The summed E-state index contributed by atoms with van der Waals surface area (Å²) in [6.45, 7) is 2.12. The van der Waals surface area contributed by atoms with Crippen molar-refractivity contribution >= 4 is 11.8 Å². The van der Waals surface area contributed by atoms with Crippen molar-refractivity contribution in [2.24, 2.45) is 5.92 Å². The number of hydrogen-bond donors (Lipinski definition) is 0. The Bertz CT molecular complexity index is 497. The molecular formula is C18H24O4. The second-order valence-electron chi connectivity index (χ2n) is 5.74. The fourth-order valence-electron chi connectivity index (χ4n) is 2.96. The van der Waals surface area contributed by atoms with E-state index >= 15 is 0 Å². The molecule has 120 valence electrons. The molecule has 1 aliphatic heterocycles. The van der Waals surface area contributed by atoms with Crippen molar-refractivity contribution in [1.29, 1.82) is 0 Å². The molecule has 0 spiro atoms. The summed E-state index contributed by atoms with van der Waals surface area (Å²) >= 11 is 0. The highest BCUT2D eigenvalue weighted by atomic mass is 16.5. The molecule has 1 aromatic carbocycles. The molecule has 1 heterocycles. The molecule has 0 aromatic heterocycles. The van der Waals surface area contributed by atoms with Crippen LogP contribution in [0.4, 0.5) is 0 Å². The number of carbonyl (C=O) groups is 2. The van der Waals surface area contributed by atoms with E-state index in [1.54, 1.807) is 0 Å². The van der Waals surface area contributed by atoms with E-state index in [0.29, 0.717) is 6.42 Å². The lowest BCUT2D eigenvalue weighted by molar-refractivity contribution is -0.168. The van der Waals surface area contributed by atoms with Crippen LogP contribution in [0.25, 0.3) is 0 Å². The minimum Gasteiger partial charge on any atom is -0.468 e. The van der Waals surface area contributed by atoms with E-state index in [9.17, 15) is 9.59 Å². The highest BCUT2D eigenvalue weighted by molar-refractivity contribution is 6.00. The summed E-state index contributed by atoms with van der Waals surface area (Å²) in [7, 11) is 1.32. The van der Waals surface area contributed by atoms with Crippen molar-refractivity contribution < 1.29 is 19.1 Å². The zero-order chi connectivity index (χ0) is 15.9. The molecule has 2 rings (SSSR count). The fourth-order valence-corrected chi connectivity index (χ4v) is 2.96. The van der Waals surface area contributed by atoms with E-state index in [-0.39, 0.29) is 24.4 Å². The third kappa shape index (κ3) is 3.95. The lowest BCUT2D eigenvalue weighted by atomic mass is 9.86. The van der Waals surface area contributed by atoms with Gasteiger partial charge in [-0.05, 0) is 12.0 Å². The Morgan fingerprint density at radius 1 is 1.27 bits per heavy atom. The van der Waals surface area contributed by atoms with E-state index in [0.717, 1.165) is 24.8 Å². The minimum atomic E-state index is -0.776. The van der Waals surface area contributed by atoms with Crippen molar-refractivity contribution in [2.45, 2.75) is 51.2 Å². The number of rotatable bonds is 6. The first kappa shape index (κ1) is 16.7. The van der Waals surface area contributed by atoms with Crippen LogP contribution >= 0.6 is 0 Å². The molecule has 22 heavy (non-hydrogen) atoms. The van der Waals surface area contributed by atoms with Gasteiger partial charge in [0.1, 0.15) is 5.92 Å². The van der Waals surface area contributed by atoms with Crippen molar-refractivity contribution in [2.75, 3.05) is 7.11 Å². The van der Waals surface area contributed by atoms with Crippen LogP contribution in [0.2, 0.25) is 0 Å². The van der Waals surface area contributed by atoms with Crippen LogP contribution in [-0.4, -0.2) is 25.0 Å². The Labute approximate surface area is 131 Å². The van der Waals surface area contributed by atoms with Gasteiger partial charge < -0.3 is 9.47 Å². The third-order valence-corrected chi connectivity index (χ3v) is 4.16. The molecule has 1 aromatic rings. The highest BCUT2D eigenvalue weighted by Gasteiger charge is 2.42. The minimum absolute atomic E-state index is 0.0755. The second kappa shape index (κ2) is 8.08. The monoisotopic (exact) mass is 304 g/mol. The number of ketones is 1. The number of ether oxygens (including phenoxy) is 2. The summed E-state index contributed by atoms with van der Waals surface area (Å²) < 4.78 is 10.9. The third-order valence-electron chi connectivity index (χ3n) is 4.16. The van der Waals surface area contributed by atoms with Crippen molar-refractivity contribution in [3.63, 3.8) is 0 Å². The fraction of sp³-hybridized carbons (Fsp3) is 0.556. The summed E-state index contributed by atoms with van der Waals surface area (Å²) in [5, 5.41) is 0. The van der Waals surface area contributed by atoms with Gasteiger partial charge in [0.05, 0.1) is 19.3 Å². The van der Waals surface area contributed by atoms with Gasteiger partial charge in [-0.15, -0.1) is 0 Å². The Kier molecular flexibility index (Phi) is 6.13. The number of Topliss-reactive ketones (excluding diaryl/α,β-unsaturated/α-hetero) is 1. The number of unbranched alkanes of at least 4 members (excludes halogenated alkanes) is 2. The summed E-state index contributed by atoms with van der Waals surface area (Å²) in [4.78, 5) is 24.4. The van der Waals surface area contributed by atoms with Gasteiger partial charge in [0.15, 0.2) is 5.78 Å². The number of hydrogen-bond acceptors (Lipinski definition) is 4. The molecule has 4 nitrogen and oxygen atoms in total. The topological polar surface area (TPSA) is 52.6 Å². The number of esters is 1. The average molecular weight is 304 g/mol. The SMILES string of the molecule is CCCCC[C@@H]1O[C@H](c2ccccc2)CC(=O)[C@H]1C(=O)OC. The van der Waals surface area contributed by atoms with Crippen LogP contribution in [-0.2, 0) is 19.1 Å². The predicted octanol–water partition coefficient (Wildman–Crippen LogP) is 3.46. The first-order valence-corrected chi connectivity index (χ1v) is 7.98. The maximum Gasteiger partial charge on any atom is 0.318 e. The molecule has 3 atom stereocenters. The Morgan fingerprint density at radius 3 is 2.64 bits per heavy atom. The van der Waals surface area contributed by atoms with Gasteiger partial charge in [-0.25, -0.2) is 0 Å². The van der Waals surface area contributed by atoms with Crippen LogP contribution < -0.4 is 0 Å². The zero-order valence-electron chi connectivity index (χ0n) is 13.3. The largest absolute Gasteiger partial charge is 0.468 e. The molecule has 0 amide bonds. The standard InChI is InChI=1S/C18H24O4/c1-3-4-6-11-15-17(18(20)21-2)14(19)12-16(22-15)13-9-7-5-8-10-13/h5,7-10,15-17H,3-4,6,11-12H2,1-2H3/t15-,16-,17+/m0/s1. The first-order valence-electron chi connectivity index (χ1n) is 7.98. The second-order valence-corrected chi connectivity index (χ2v) is 5.74. The molecular weight excluding hydrogens is 280 g/mol. The maximum atomic E-state index is 12.4. The normalized spacial score (nSPS) is 25.0. The van der Waals surface area contributed by atoms with Gasteiger partial charge in [-0.1, -0.05) is 56.5 Å². The predicted molar refractivity (Wildman–Crippen MR) is 83.3 cm³/mol. The van der Waals surface area contributed by atoms with Crippen molar-refractivity contribution in [3.05, 3.63) is 35.9 Å². The Morgan fingerprint density at radius 2 is 2.00 bits per heavy atom. The molecule has 1 saturated heterocycles. The lowest BCUT2D eigenvalue weighted by Crippen LogP contribution is -2.43. The smallest absolute Gasteiger partial charge is 0.318 e. The van der Waals surface area contributed by atoms with E-state index in [2.05, 4.69) is 6.92 Å². The lowest BCUT2D eigenvalue weighted by Gasteiger charge is -2.34. The Balaban J connectivity index is 2.14. The van der Waals surface area contributed by atoms with Crippen molar-refractivity contribution in [1.82, 2.24) is 0 Å². The number of carbonyl (C=O) groups excluding carboxylic acids is 2. The zero-order valence-corrected chi connectivity index (χ0v) is 13.3. The molecule has 0 radical (unpaired) electrons. The molecule has 1 aliphatic rings. The van der Waals surface area contributed by atoms with Crippen LogP contribution in [0.5, 0.6) is 0 Å². The summed E-state index contributed by atoms with van der Waals surface area (Å²) in [5.74, 6) is -1.33. The first-order chi connectivity index (χ1) is 10.7. The van der Waals surface area contributed by atoms with Crippen molar-refractivity contribution in [3.8, 4) is 0 Å². The average Bonchev–Trinajstić information content (AvgIpc) is 2.55. The maximum absolute atomic E-state index is 12.4. The summed E-state index contributed by atoms with van der Waals surface area (Å²) in [5.41, 5.74) is 0.986. The Hall–Kier alpha value is -1.68. The summed E-state index contributed by atoms with van der Waals surface area (Å²) in [6, 6.07) is 9.71. The van der Waals surface area contributed by atoms with Crippen LogP contribution in [0, 0.1) is 5.92 Å². The van der Waals surface area contributed by atoms with Gasteiger partial charge in [0.2, 0.25) is 0 Å². The van der Waals surface area contributed by atoms with E-state index in [4.69, 9.17) is 9.47 Å². The van der Waals surface area contributed by atoms with Gasteiger partial charge in [0.25, 0.3) is 0 Å². The molecule has 0 N–H and O–H groups in total. The van der Waals surface area contributed by atoms with Gasteiger partial charge in [-0.2, -0.15) is 0 Å². The van der Waals surface area contributed by atoms with E-state index in [1.807, 2.05) is 30.3 Å². The van der Waals surface area contributed by atoms with E-state index < -0.39 is 11.9 Å². The van der Waals surface area contributed by atoms with E-state index in [1.165, 1.54) is 7.11 Å². The molecule has 0 bridgehead atoms. The number of methoxy groups -OCH3 is 1.